The first-order valence-electron chi connectivity index (χ1n) is 6.38. The van der Waals surface area contributed by atoms with E-state index < -0.39 is 12.0 Å². The molecular formula is C15H11I3NNaO4. The molecule has 2 aromatic carbocycles. The summed E-state index contributed by atoms with van der Waals surface area (Å²) in [6, 6.07) is 7.31. The number of ether oxygens (including phenoxy) is 1. The van der Waals surface area contributed by atoms with Crippen molar-refractivity contribution >= 4 is 73.7 Å². The Morgan fingerprint density at radius 3 is 2.25 bits per heavy atom. The molecule has 24 heavy (non-hydrogen) atoms. The van der Waals surface area contributed by atoms with Crippen molar-refractivity contribution < 1.29 is 49.3 Å². The van der Waals surface area contributed by atoms with Gasteiger partial charge in [-0.1, -0.05) is 12.1 Å². The van der Waals surface area contributed by atoms with Gasteiger partial charge in [0.1, 0.15) is 17.5 Å². The van der Waals surface area contributed by atoms with Crippen LogP contribution in [0.3, 0.4) is 0 Å². The minimum absolute atomic E-state index is 0. The van der Waals surface area contributed by atoms with Crippen molar-refractivity contribution in [1.82, 2.24) is 0 Å². The monoisotopic (exact) mass is 673 g/mol. The third-order valence-electron chi connectivity index (χ3n) is 2.99. The molecule has 0 saturated carbocycles. The SMILES string of the molecule is N[C@@H](Cc1c(I)cc(Oc2ccc([O-])cc2I)cc1I)C(=O)O.[Na+]. The van der Waals surface area contributed by atoms with Crippen molar-refractivity contribution in [2.45, 2.75) is 12.5 Å². The van der Waals surface area contributed by atoms with Crippen molar-refractivity contribution in [2.24, 2.45) is 5.73 Å². The van der Waals surface area contributed by atoms with E-state index in [0.29, 0.717) is 11.5 Å². The average molecular weight is 673 g/mol. The van der Waals surface area contributed by atoms with Crippen LogP contribution in [0.4, 0.5) is 0 Å². The molecule has 0 fully saturated rings. The van der Waals surface area contributed by atoms with Gasteiger partial charge in [0.2, 0.25) is 0 Å². The molecule has 5 nitrogen and oxygen atoms in total. The first kappa shape index (κ1) is 22.7. The molecule has 1 atom stereocenters. The van der Waals surface area contributed by atoms with E-state index in [2.05, 4.69) is 45.2 Å². The van der Waals surface area contributed by atoms with Crippen LogP contribution in [-0.2, 0) is 11.2 Å². The summed E-state index contributed by atoms with van der Waals surface area (Å²) in [4.78, 5) is 10.9. The smallest absolute Gasteiger partial charge is 0.872 e. The van der Waals surface area contributed by atoms with Gasteiger partial charge in [0.25, 0.3) is 0 Å². The van der Waals surface area contributed by atoms with Crippen LogP contribution in [0.25, 0.3) is 0 Å². The molecule has 9 heteroatoms. The van der Waals surface area contributed by atoms with Crippen LogP contribution in [0, 0.1) is 10.7 Å². The maximum atomic E-state index is 11.3. The van der Waals surface area contributed by atoms with Gasteiger partial charge >= 0.3 is 35.5 Å². The van der Waals surface area contributed by atoms with Gasteiger partial charge in [-0.15, -0.1) is 5.75 Å². The van der Waals surface area contributed by atoms with E-state index in [0.717, 1.165) is 16.3 Å². The minimum atomic E-state index is -1.02. The predicted molar refractivity (Wildman–Crippen MR) is 110 cm³/mol. The normalized spacial score (nSPS) is 11.5. The second kappa shape index (κ2) is 10.1. The van der Waals surface area contributed by atoms with E-state index in [4.69, 9.17) is 15.6 Å². The van der Waals surface area contributed by atoms with Gasteiger partial charge in [0.15, 0.2) is 0 Å². The van der Waals surface area contributed by atoms with Gasteiger partial charge in [-0.05, 0) is 91.5 Å². The van der Waals surface area contributed by atoms with E-state index in [1.54, 1.807) is 6.07 Å². The van der Waals surface area contributed by atoms with Gasteiger partial charge in [-0.25, -0.2) is 0 Å². The third kappa shape index (κ3) is 6.13. The molecule has 2 rings (SSSR count). The molecule has 0 aliphatic heterocycles. The van der Waals surface area contributed by atoms with Crippen molar-refractivity contribution in [3.05, 3.63) is 46.6 Å². The van der Waals surface area contributed by atoms with Crippen LogP contribution < -0.4 is 45.1 Å². The average Bonchev–Trinajstić information content (AvgIpc) is 2.45. The predicted octanol–water partition coefficient (Wildman–Crippen LogP) is 0.325. The van der Waals surface area contributed by atoms with Gasteiger partial charge in [-0.2, -0.15) is 0 Å². The number of aliphatic carboxylic acids is 1. The molecular weight excluding hydrogens is 662 g/mol. The summed E-state index contributed by atoms with van der Waals surface area (Å²) < 4.78 is 8.33. The number of benzene rings is 2. The van der Waals surface area contributed by atoms with Crippen molar-refractivity contribution in [3.63, 3.8) is 0 Å². The van der Waals surface area contributed by atoms with E-state index in [1.165, 1.54) is 12.1 Å². The standard InChI is InChI=1S/C15H12I3NO4.Na/c16-10-4-8(23-14-2-1-7(20)3-12(14)18)5-11(17)9(10)6-13(19)15(21)22;/h1-5,13,20H,6,19H2,(H,21,22);/q;+1/p-1/t13-;/m0./s1. The number of carboxylic acids is 1. The zero-order chi connectivity index (χ0) is 17.1. The van der Waals surface area contributed by atoms with E-state index >= 15 is 0 Å². The number of halogens is 3. The van der Waals surface area contributed by atoms with Crippen molar-refractivity contribution in [1.29, 1.82) is 0 Å². The molecule has 0 bridgehead atoms. The van der Waals surface area contributed by atoms with Crippen molar-refractivity contribution in [2.75, 3.05) is 0 Å². The van der Waals surface area contributed by atoms with Gasteiger partial charge in [0.05, 0.1) is 3.57 Å². The quantitative estimate of drug-likeness (QED) is 0.353. The second-order valence-corrected chi connectivity index (χ2v) is 8.20. The zero-order valence-electron chi connectivity index (χ0n) is 12.6. The molecule has 0 saturated heterocycles. The van der Waals surface area contributed by atoms with Crippen LogP contribution in [0.2, 0.25) is 0 Å². The number of nitrogens with two attached hydrogens (primary N) is 1. The largest absolute Gasteiger partial charge is 1.00 e. The summed E-state index contributed by atoms with van der Waals surface area (Å²) in [6.45, 7) is 0. The maximum Gasteiger partial charge on any atom is 1.00 e. The third-order valence-corrected chi connectivity index (χ3v) is 5.75. The Balaban J connectivity index is 0.00000288. The first-order valence-corrected chi connectivity index (χ1v) is 9.62. The fraction of sp³-hybridized carbons (Fsp3) is 0.133. The number of carboxylic acid groups (broad SMARTS) is 1. The molecule has 0 heterocycles. The van der Waals surface area contributed by atoms with Gasteiger partial charge in [0, 0.05) is 13.6 Å². The van der Waals surface area contributed by atoms with E-state index in [9.17, 15) is 9.90 Å². The number of carbonyl (C=O) groups is 1. The summed E-state index contributed by atoms with van der Waals surface area (Å²) in [6.07, 6.45) is 0.259. The van der Waals surface area contributed by atoms with Crippen LogP contribution in [0.1, 0.15) is 5.56 Å². The molecule has 0 aliphatic carbocycles. The van der Waals surface area contributed by atoms with Crippen molar-refractivity contribution in [3.8, 4) is 17.2 Å². The molecule has 0 spiro atoms. The summed E-state index contributed by atoms with van der Waals surface area (Å²) in [5.41, 5.74) is 6.50. The Kier molecular flexibility index (Phi) is 9.57. The molecule has 0 radical (unpaired) electrons. The fourth-order valence-electron chi connectivity index (χ4n) is 1.83. The summed E-state index contributed by atoms with van der Waals surface area (Å²) in [7, 11) is 0. The second-order valence-electron chi connectivity index (χ2n) is 4.71. The molecule has 0 unspecified atom stereocenters. The Morgan fingerprint density at radius 1 is 1.17 bits per heavy atom. The topological polar surface area (TPSA) is 95.6 Å². The van der Waals surface area contributed by atoms with Crippen LogP contribution in [0.5, 0.6) is 17.2 Å². The first-order chi connectivity index (χ1) is 10.8. The van der Waals surface area contributed by atoms with Gasteiger partial charge < -0.3 is 20.7 Å². The molecule has 2 aromatic rings. The Morgan fingerprint density at radius 2 is 1.75 bits per heavy atom. The summed E-state index contributed by atoms with van der Waals surface area (Å²) >= 11 is 6.33. The van der Waals surface area contributed by atoms with Gasteiger partial charge in [-0.3, -0.25) is 4.79 Å². The van der Waals surface area contributed by atoms with Crippen LogP contribution >= 0.6 is 67.8 Å². The maximum absolute atomic E-state index is 11.3. The zero-order valence-corrected chi connectivity index (χ0v) is 21.0. The molecule has 0 aromatic heterocycles. The molecule has 0 amide bonds. The Bertz CT molecular complexity index is 734. The fourth-order valence-corrected chi connectivity index (χ4v) is 4.58. The molecule has 0 aliphatic rings. The molecule has 122 valence electrons. The number of hydrogen-bond donors (Lipinski definition) is 2. The summed E-state index contributed by atoms with van der Waals surface area (Å²) in [5.74, 6) is 0.142. The number of hydrogen-bond acceptors (Lipinski definition) is 4. The Labute approximate surface area is 202 Å². The summed E-state index contributed by atoms with van der Waals surface area (Å²) in [5, 5.41) is 20.2. The van der Waals surface area contributed by atoms with E-state index in [-0.39, 0.29) is 41.7 Å². The molecule has 3 N–H and O–H groups in total. The minimum Gasteiger partial charge on any atom is -0.872 e. The van der Waals surface area contributed by atoms with E-state index in [1.807, 2.05) is 34.7 Å². The number of rotatable bonds is 5. The van der Waals surface area contributed by atoms with Crippen LogP contribution in [-0.4, -0.2) is 17.1 Å². The van der Waals surface area contributed by atoms with Crippen LogP contribution in [0.15, 0.2) is 30.3 Å². The Hall–Kier alpha value is 0.660.